The third-order valence-corrected chi connectivity index (χ3v) is 25.6. The number of hydrogen-bond acceptors (Lipinski definition) is 0. The molecule has 3 heteroatoms. The van der Waals surface area contributed by atoms with E-state index < -0.39 is 20.3 Å². The van der Waals surface area contributed by atoms with Crippen molar-refractivity contribution in [1.82, 2.24) is 0 Å². The van der Waals surface area contributed by atoms with Crippen molar-refractivity contribution in [2.45, 2.75) is 97.0 Å². The zero-order valence-corrected chi connectivity index (χ0v) is 25.1. The molecule has 186 valence electrons. The maximum absolute atomic E-state index is 2.78. The molecule has 4 saturated carbocycles. The van der Waals surface area contributed by atoms with E-state index in [2.05, 4.69) is 48.6 Å². The van der Waals surface area contributed by atoms with Gasteiger partial charge in [0.15, 0.2) is 0 Å². The summed E-state index contributed by atoms with van der Waals surface area (Å²) in [6.07, 6.45) is 23.8. The minimum Gasteiger partial charge on any atom is -1.00 e. The fourth-order valence-electron chi connectivity index (χ4n) is 8.34. The molecule has 0 N–H and O–H groups in total. The zero-order valence-electron chi connectivity index (χ0n) is 21.1. The van der Waals surface area contributed by atoms with Gasteiger partial charge < -0.3 is 24.8 Å². The van der Waals surface area contributed by atoms with Crippen LogP contribution in [0.3, 0.4) is 0 Å². The summed E-state index contributed by atoms with van der Waals surface area (Å²) in [7, 11) is 0. The molecule has 6 aliphatic carbocycles. The van der Waals surface area contributed by atoms with Crippen LogP contribution in [0.5, 0.6) is 0 Å². The second-order valence-corrected chi connectivity index (χ2v) is 24.6. The molecule has 1 saturated heterocycles. The van der Waals surface area contributed by atoms with E-state index >= 15 is 0 Å². The Kier molecular flexibility index (Phi) is 5.90. The molecule has 0 aromatic heterocycles. The molecule has 9 rings (SSSR count). The van der Waals surface area contributed by atoms with Gasteiger partial charge in [0.2, 0.25) is 0 Å². The fraction of sp³-hybridized carbons (Fsp3) is 0.515. The molecule has 36 heavy (non-hydrogen) atoms. The van der Waals surface area contributed by atoms with Crippen molar-refractivity contribution in [1.29, 1.82) is 0 Å². The van der Waals surface area contributed by atoms with Crippen molar-refractivity contribution in [2.75, 3.05) is 0 Å². The van der Waals surface area contributed by atoms with Crippen molar-refractivity contribution in [3.05, 3.63) is 80.9 Å². The Morgan fingerprint density at radius 2 is 0.861 bits per heavy atom. The van der Waals surface area contributed by atoms with E-state index in [1.165, 1.54) is 57.8 Å². The number of halogens is 2. The summed E-state index contributed by atoms with van der Waals surface area (Å²) in [5.74, 6) is 3.49. The summed E-state index contributed by atoms with van der Waals surface area (Å²) in [5, 5.41) is 0. The predicted octanol–water partition coefficient (Wildman–Crippen LogP) is 3.43. The molecule has 0 nitrogen and oxygen atoms in total. The van der Waals surface area contributed by atoms with Crippen LogP contribution >= 0.6 is 0 Å². The molecular weight excluding hydrogens is 558 g/mol. The molecule has 5 fully saturated rings. The third-order valence-electron chi connectivity index (χ3n) is 10.8. The van der Waals surface area contributed by atoms with Gasteiger partial charge in [-0.2, -0.15) is 0 Å². The Labute approximate surface area is 233 Å². The predicted molar refractivity (Wildman–Crippen MR) is 139 cm³/mol. The Bertz CT molecular complexity index is 1190. The van der Waals surface area contributed by atoms with E-state index in [0.717, 1.165) is 30.9 Å². The largest absolute Gasteiger partial charge is 1.00 e. The zero-order chi connectivity index (χ0) is 22.0. The van der Waals surface area contributed by atoms with Gasteiger partial charge in [-0.05, 0) is 0 Å². The summed E-state index contributed by atoms with van der Waals surface area (Å²) < 4.78 is 4.91. The minimum absolute atomic E-state index is 0. The summed E-state index contributed by atoms with van der Waals surface area (Å²) in [6, 6.07) is 10.3. The second kappa shape index (κ2) is 8.70. The summed E-state index contributed by atoms with van der Waals surface area (Å²) in [4.78, 5) is 0. The first-order valence-corrected chi connectivity index (χ1v) is 20.8. The first kappa shape index (κ1) is 24.4. The fourth-order valence-corrected chi connectivity index (χ4v) is 22.0. The molecule has 2 atom stereocenters. The third kappa shape index (κ3) is 3.54. The summed E-state index contributed by atoms with van der Waals surface area (Å²) in [5.41, 5.74) is 14.2. The number of hydrogen-bond donors (Lipinski definition) is 0. The second-order valence-electron chi connectivity index (χ2n) is 13.0. The van der Waals surface area contributed by atoms with Crippen LogP contribution in [-0.2, 0) is 20.3 Å². The van der Waals surface area contributed by atoms with Crippen molar-refractivity contribution < 1.29 is 45.1 Å². The molecule has 1 heterocycles. The van der Waals surface area contributed by atoms with Gasteiger partial charge in [0.25, 0.3) is 0 Å². The molecular formula is C33H36Cl2Zr. The first-order chi connectivity index (χ1) is 16.8. The molecule has 0 radical (unpaired) electrons. The van der Waals surface area contributed by atoms with Gasteiger partial charge in [0.1, 0.15) is 0 Å². The average Bonchev–Trinajstić information content (AvgIpc) is 3.65. The van der Waals surface area contributed by atoms with Gasteiger partial charge >= 0.3 is 210 Å². The van der Waals surface area contributed by atoms with Crippen LogP contribution in [0.15, 0.2) is 36.4 Å². The van der Waals surface area contributed by atoms with Crippen LogP contribution in [0.2, 0.25) is 8.26 Å². The molecule has 0 amide bonds. The van der Waals surface area contributed by atoms with Crippen LogP contribution in [0.25, 0.3) is 12.2 Å². The van der Waals surface area contributed by atoms with Crippen molar-refractivity contribution in [3.63, 3.8) is 0 Å². The van der Waals surface area contributed by atoms with Crippen LogP contribution < -0.4 is 24.8 Å². The van der Waals surface area contributed by atoms with Crippen molar-refractivity contribution in [2.24, 2.45) is 0 Å². The number of rotatable bonds is 6. The maximum atomic E-state index is 2.78. The van der Waals surface area contributed by atoms with Gasteiger partial charge in [-0.15, -0.1) is 0 Å². The van der Waals surface area contributed by atoms with Gasteiger partial charge in [-0.1, -0.05) is 0 Å². The van der Waals surface area contributed by atoms with Gasteiger partial charge in [-0.25, -0.2) is 0 Å². The van der Waals surface area contributed by atoms with E-state index in [9.17, 15) is 0 Å². The Morgan fingerprint density at radius 3 is 1.19 bits per heavy atom. The van der Waals surface area contributed by atoms with E-state index in [1.807, 2.05) is 11.1 Å². The quantitative estimate of drug-likeness (QED) is 0.481. The number of benzene rings is 2. The van der Waals surface area contributed by atoms with Gasteiger partial charge in [0.05, 0.1) is 0 Å². The molecule has 2 aromatic rings. The smallest absolute Gasteiger partial charge is 1.00 e. The van der Waals surface area contributed by atoms with Gasteiger partial charge in [0, 0.05) is 0 Å². The van der Waals surface area contributed by atoms with E-state index in [0.29, 0.717) is 0 Å². The van der Waals surface area contributed by atoms with Crippen LogP contribution in [0.4, 0.5) is 0 Å². The van der Waals surface area contributed by atoms with E-state index in [4.69, 9.17) is 0 Å². The van der Waals surface area contributed by atoms with Gasteiger partial charge in [-0.3, -0.25) is 0 Å². The maximum Gasteiger partial charge on any atom is -1.00 e. The molecule has 0 spiro atoms. The monoisotopic (exact) mass is 592 g/mol. The Hall–Kier alpha value is -0.617. The minimum atomic E-state index is -2.51. The summed E-state index contributed by atoms with van der Waals surface area (Å²) >= 11 is -2.51. The van der Waals surface area contributed by atoms with Crippen LogP contribution in [0, 0.1) is 0 Å². The Balaban J connectivity index is 0.00000110. The average molecular weight is 595 g/mol. The number of allylic oxidation sites excluding steroid dienone is 2. The van der Waals surface area contributed by atoms with E-state index in [1.54, 1.807) is 41.6 Å². The molecule has 7 aliphatic rings. The summed E-state index contributed by atoms with van der Waals surface area (Å²) in [6.45, 7) is 0. The SMILES string of the molecule is C1=C[CH]([Zr+2]2([CH]3C=Cc4c(C5CC5)ccc(C5CC5)c43)[CH2]C[CH2]2)c2c(C3CC3)ccc(C3CC3)c21.[Cl-].[Cl-]. The van der Waals surface area contributed by atoms with Crippen LogP contribution in [0.1, 0.15) is 133 Å². The van der Waals surface area contributed by atoms with E-state index in [-0.39, 0.29) is 24.8 Å². The topological polar surface area (TPSA) is 0 Å². The Morgan fingerprint density at radius 1 is 0.500 bits per heavy atom. The standard InChI is InChI=1S/2C15H15.C3H6.2ClH.Zr/c2*1-2-14-12(10-4-5-10)8-9-13(11-6-7-11)15(14)3-1;1-3-2;;;/h2*1-3,8-11H,4-7H2;1-3H2;2*1H;/q;;;;;+2/p-2. The molecule has 2 aromatic carbocycles. The van der Waals surface area contributed by atoms with Crippen molar-refractivity contribution >= 4 is 12.2 Å². The molecule has 2 unspecified atom stereocenters. The van der Waals surface area contributed by atoms with Crippen LogP contribution in [-0.4, -0.2) is 0 Å². The molecule has 1 aliphatic heterocycles. The molecule has 0 bridgehead atoms. The van der Waals surface area contributed by atoms with Crippen molar-refractivity contribution in [3.8, 4) is 0 Å². The number of fused-ring (bicyclic) bond motifs is 2. The first-order valence-electron chi connectivity index (χ1n) is 14.5. The normalized spacial score (nSPS) is 27.8.